The second kappa shape index (κ2) is 5.12. The number of aryl methyl sites for hydroxylation is 1. The molecule has 2 aromatic rings. The fraction of sp³-hybridized carbons (Fsp3) is 0.0833. The van der Waals surface area contributed by atoms with Crippen LogP contribution in [0, 0.1) is 12.7 Å². The first-order valence-corrected chi connectivity index (χ1v) is 6.16. The van der Waals surface area contributed by atoms with Crippen LogP contribution in [0.15, 0.2) is 33.4 Å². The van der Waals surface area contributed by atoms with Crippen LogP contribution in [-0.2, 0) is 0 Å². The zero-order valence-corrected chi connectivity index (χ0v) is 11.6. The van der Waals surface area contributed by atoms with Crippen LogP contribution in [0.5, 0.6) is 0 Å². The van der Waals surface area contributed by atoms with Crippen molar-refractivity contribution in [1.82, 2.24) is 0 Å². The minimum absolute atomic E-state index is 0.122. The Morgan fingerprint density at radius 2 is 2.22 bits per heavy atom. The average Bonchev–Trinajstić information content (AvgIpc) is 2.69. The number of hydrogen-bond acceptors (Lipinski definition) is 2. The Hall–Kier alpha value is -1.33. The van der Waals surface area contributed by atoms with Crippen LogP contribution in [0.4, 0.5) is 10.1 Å². The van der Waals surface area contributed by atoms with Crippen LogP contribution in [0.1, 0.15) is 16.1 Å². The molecule has 1 amide bonds. The molecule has 0 atom stereocenters. The maximum absolute atomic E-state index is 13.0. The van der Waals surface area contributed by atoms with Gasteiger partial charge in [0, 0.05) is 4.47 Å². The Morgan fingerprint density at radius 3 is 2.78 bits per heavy atom. The highest BCUT2D eigenvalue weighted by atomic mass is 79.9. The molecule has 1 aromatic carbocycles. The zero-order chi connectivity index (χ0) is 13.3. The van der Waals surface area contributed by atoms with Crippen molar-refractivity contribution in [2.24, 2.45) is 0 Å². The molecule has 3 nitrogen and oxygen atoms in total. The highest BCUT2D eigenvalue weighted by Gasteiger charge is 2.15. The van der Waals surface area contributed by atoms with E-state index in [0.29, 0.717) is 21.5 Å². The number of carbonyl (C=O) groups is 1. The minimum atomic E-state index is -0.482. The van der Waals surface area contributed by atoms with Crippen LogP contribution in [-0.4, -0.2) is 5.91 Å². The molecule has 1 N–H and O–H groups in total. The third-order valence-corrected chi connectivity index (χ3v) is 3.27. The van der Waals surface area contributed by atoms with Crippen molar-refractivity contribution in [3.8, 4) is 0 Å². The second-order valence-corrected chi connectivity index (χ2v) is 4.85. The lowest BCUT2D eigenvalue weighted by Crippen LogP contribution is -2.13. The summed E-state index contributed by atoms with van der Waals surface area (Å²) in [6, 6.07) is 3.91. The predicted octanol–water partition coefficient (Wildman–Crippen LogP) is 4.40. The van der Waals surface area contributed by atoms with Gasteiger partial charge in [-0.2, -0.15) is 0 Å². The first kappa shape index (κ1) is 13.1. The molecule has 1 heterocycles. The van der Waals surface area contributed by atoms with Crippen LogP contribution in [0.25, 0.3) is 0 Å². The van der Waals surface area contributed by atoms with E-state index < -0.39 is 5.82 Å². The molecule has 0 bridgehead atoms. The molecule has 1 aromatic heterocycles. The lowest BCUT2D eigenvalue weighted by molar-refractivity contribution is 0.102. The molecule has 0 aliphatic rings. The first-order chi connectivity index (χ1) is 8.49. The SMILES string of the molecule is Cc1occc1C(=O)Nc1c(Cl)cc(F)cc1Br. The minimum Gasteiger partial charge on any atom is -0.469 e. The molecule has 94 valence electrons. The van der Waals surface area contributed by atoms with Gasteiger partial charge in [0.15, 0.2) is 0 Å². The number of amides is 1. The summed E-state index contributed by atoms with van der Waals surface area (Å²) in [5.41, 5.74) is 0.728. The van der Waals surface area contributed by atoms with Crippen LogP contribution in [0.3, 0.4) is 0 Å². The molecule has 2 rings (SSSR count). The van der Waals surface area contributed by atoms with Gasteiger partial charge in [-0.1, -0.05) is 11.6 Å². The molecule has 18 heavy (non-hydrogen) atoms. The number of nitrogens with one attached hydrogen (secondary N) is 1. The van der Waals surface area contributed by atoms with E-state index in [4.69, 9.17) is 16.0 Å². The molecule has 0 spiro atoms. The van der Waals surface area contributed by atoms with E-state index in [1.54, 1.807) is 13.0 Å². The second-order valence-electron chi connectivity index (χ2n) is 3.59. The van der Waals surface area contributed by atoms with E-state index in [1.165, 1.54) is 12.3 Å². The van der Waals surface area contributed by atoms with Gasteiger partial charge < -0.3 is 9.73 Å². The highest BCUT2D eigenvalue weighted by Crippen LogP contribution is 2.32. The van der Waals surface area contributed by atoms with Gasteiger partial charge in [-0.15, -0.1) is 0 Å². The quantitative estimate of drug-likeness (QED) is 0.886. The third kappa shape index (κ3) is 2.57. The van der Waals surface area contributed by atoms with Crippen LogP contribution >= 0.6 is 27.5 Å². The van der Waals surface area contributed by atoms with E-state index in [2.05, 4.69) is 21.2 Å². The Balaban J connectivity index is 2.31. The maximum atomic E-state index is 13.0. The molecule has 0 fully saturated rings. The standard InChI is InChI=1S/C12H8BrClFNO2/c1-6-8(2-3-18-6)12(17)16-11-9(13)4-7(15)5-10(11)14/h2-5H,1H3,(H,16,17). The van der Waals surface area contributed by atoms with Crippen molar-refractivity contribution in [2.75, 3.05) is 5.32 Å². The van der Waals surface area contributed by atoms with Crippen molar-refractivity contribution in [3.63, 3.8) is 0 Å². The number of halogens is 3. The van der Waals surface area contributed by atoms with Crippen molar-refractivity contribution in [1.29, 1.82) is 0 Å². The first-order valence-electron chi connectivity index (χ1n) is 4.99. The smallest absolute Gasteiger partial charge is 0.259 e. The Morgan fingerprint density at radius 1 is 1.50 bits per heavy atom. The number of carbonyl (C=O) groups excluding carboxylic acids is 1. The van der Waals surface area contributed by atoms with Gasteiger partial charge in [0.25, 0.3) is 5.91 Å². The fourth-order valence-electron chi connectivity index (χ4n) is 1.46. The number of rotatable bonds is 2. The summed E-state index contributed by atoms with van der Waals surface area (Å²) >= 11 is 9.02. The van der Waals surface area contributed by atoms with Gasteiger partial charge in [0.05, 0.1) is 22.5 Å². The van der Waals surface area contributed by atoms with Crippen molar-refractivity contribution >= 4 is 39.1 Å². The summed E-state index contributed by atoms with van der Waals surface area (Å²) in [5, 5.41) is 2.73. The van der Waals surface area contributed by atoms with Gasteiger partial charge in [-0.3, -0.25) is 4.79 Å². The zero-order valence-electron chi connectivity index (χ0n) is 9.26. The molecule has 0 radical (unpaired) electrons. The van der Waals surface area contributed by atoms with Gasteiger partial charge in [0.2, 0.25) is 0 Å². The molecule has 0 unspecified atom stereocenters. The largest absolute Gasteiger partial charge is 0.469 e. The highest BCUT2D eigenvalue weighted by molar-refractivity contribution is 9.10. The van der Waals surface area contributed by atoms with E-state index in [9.17, 15) is 9.18 Å². The third-order valence-electron chi connectivity index (χ3n) is 2.35. The lowest BCUT2D eigenvalue weighted by atomic mass is 10.2. The summed E-state index contributed by atoms with van der Waals surface area (Å²) in [5.74, 6) is -0.346. The molecule has 0 saturated carbocycles. The summed E-state index contributed by atoms with van der Waals surface area (Å²) in [6.07, 6.45) is 1.42. The molecular formula is C12H8BrClFNO2. The van der Waals surface area contributed by atoms with Crippen molar-refractivity contribution < 1.29 is 13.6 Å². The summed E-state index contributed by atoms with van der Waals surface area (Å²) in [7, 11) is 0. The Labute approximate surface area is 116 Å². The van der Waals surface area contributed by atoms with Gasteiger partial charge in [-0.05, 0) is 41.1 Å². The summed E-state index contributed by atoms with van der Waals surface area (Å²) < 4.78 is 18.5. The summed E-state index contributed by atoms with van der Waals surface area (Å²) in [6.45, 7) is 1.68. The topological polar surface area (TPSA) is 42.2 Å². The van der Waals surface area contributed by atoms with Crippen LogP contribution < -0.4 is 5.32 Å². The predicted molar refractivity (Wildman–Crippen MR) is 70.5 cm³/mol. The van der Waals surface area contributed by atoms with Gasteiger partial charge >= 0.3 is 0 Å². The van der Waals surface area contributed by atoms with E-state index in [-0.39, 0.29) is 10.9 Å². The monoisotopic (exact) mass is 331 g/mol. The van der Waals surface area contributed by atoms with Gasteiger partial charge in [-0.25, -0.2) is 4.39 Å². The summed E-state index contributed by atoms with van der Waals surface area (Å²) in [4.78, 5) is 11.9. The molecule has 0 saturated heterocycles. The Bertz CT molecular complexity index is 589. The normalized spacial score (nSPS) is 10.4. The van der Waals surface area contributed by atoms with E-state index >= 15 is 0 Å². The van der Waals surface area contributed by atoms with E-state index in [1.807, 2.05) is 0 Å². The van der Waals surface area contributed by atoms with Crippen molar-refractivity contribution in [2.45, 2.75) is 6.92 Å². The number of benzene rings is 1. The van der Waals surface area contributed by atoms with E-state index in [0.717, 1.165) is 6.07 Å². The number of hydrogen-bond donors (Lipinski definition) is 1. The molecule has 0 aliphatic carbocycles. The fourth-order valence-corrected chi connectivity index (χ4v) is 2.36. The number of anilines is 1. The molecular weight excluding hydrogens is 324 g/mol. The van der Waals surface area contributed by atoms with Crippen molar-refractivity contribution in [3.05, 3.63) is 51.1 Å². The molecule has 6 heteroatoms. The van der Waals surface area contributed by atoms with Crippen LogP contribution in [0.2, 0.25) is 5.02 Å². The number of furan rings is 1. The average molecular weight is 333 g/mol. The Kier molecular flexibility index (Phi) is 3.73. The lowest BCUT2D eigenvalue weighted by Gasteiger charge is -2.09. The molecule has 0 aliphatic heterocycles. The van der Waals surface area contributed by atoms with Gasteiger partial charge in [0.1, 0.15) is 11.6 Å². The maximum Gasteiger partial charge on any atom is 0.259 e.